The van der Waals surface area contributed by atoms with Gasteiger partial charge in [0.05, 0.1) is 13.2 Å². The van der Waals surface area contributed by atoms with Gasteiger partial charge in [-0.15, -0.1) is 0 Å². The van der Waals surface area contributed by atoms with E-state index in [9.17, 15) is 5.11 Å². The van der Waals surface area contributed by atoms with Gasteiger partial charge >= 0.3 is 0 Å². The van der Waals surface area contributed by atoms with Gasteiger partial charge in [0.2, 0.25) is 0 Å². The van der Waals surface area contributed by atoms with E-state index in [1.165, 1.54) is 12.0 Å². The van der Waals surface area contributed by atoms with Crippen LogP contribution in [-0.4, -0.2) is 18.3 Å². The third-order valence-corrected chi connectivity index (χ3v) is 3.09. The predicted molar refractivity (Wildman–Crippen MR) is 64.6 cm³/mol. The fourth-order valence-corrected chi connectivity index (χ4v) is 2.11. The molecule has 16 heavy (non-hydrogen) atoms. The van der Waals surface area contributed by atoms with Crippen molar-refractivity contribution in [2.45, 2.75) is 31.8 Å². The molecule has 2 nitrogen and oxygen atoms in total. The molecule has 2 rings (SSSR count). The summed E-state index contributed by atoms with van der Waals surface area (Å²) in [5.74, 6) is 0.860. The van der Waals surface area contributed by atoms with E-state index in [1.54, 1.807) is 7.11 Å². The largest absolute Gasteiger partial charge is 0.497 e. The Kier molecular flexibility index (Phi) is 3.62. The van der Waals surface area contributed by atoms with Crippen LogP contribution in [0.25, 0.3) is 0 Å². The van der Waals surface area contributed by atoms with Crippen LogP contribution in [0.4, 0.5) is 0 Å². The number of aliphatic hydroxyl groups is 1. The second-order valence-electron chi connectivity index (χ2n) is 4.24. The van der Waals surface area contributed by atoms with Gasteiger partial charge in [0.1, 0.15) is 5.75 Å². The lowest BCUT2D eigenvalue weighted by Crippen LogP contribution is -2.12. The van der Waals surface area contributed by atoms with Crippen molar-refractivity contribution < 1.29 is 9.84 Å². The molecule has 1 atom stereocenters. The van der Waals surface area contributed by atoms with Crippen molar-refractivity contribution in [3.63, 3.8) is 0 Å². The van der Waals surface area contributed by atoms with Gasteiger partial charge in [0, 0.05) is 6.42 Å². The summed E-state index contributed by atoms with van der Waals surface area (Å²) in [7, 11) is 1.66. The Morgan fingerprint density at radius 2 is 2.06 bits per heavy atom. The number of hydrogen-bond donors (Lipinski definition) is 1. The number of methoxy groups -OCH3 is 1. The molecule has 0 amide bonds. The van der Waals surface area contributed by atoms with Gasteiger partial charge in [0.25, 0.3) is 0 Å². The van der Waals surface area contributed by atoms with Crippen molar-refractivity contribution in [1.82, 2.24) is 0 Å². The summed E-state index contributed by atoms with van der Waals surface area (Å²) in [5, 5.41) is 10.0. The average molecular weight is 218 g/mol. The zero-order chi connectivity index (χ0) is 11.4. The van der Waals surface area contributed by atoms with Crippen LogP contribution in [0.2, 0.25) is 0 Å². The summed E-state index contributed by atoms with van der Waals surface area (Å²) in [6.07, 6.45) is 5.93. The first-order valence-electron chi connectivity index (χ1n) is 5.79. The van der Waals surface area contributed by atoms with E-state index in [4.69, 9.17) is 4.74 Å². The molecule has 0 aromatic heterocycles. The molecule has 1 N–H and O–H groups in total. The van der Waals surface area contributed by atoms with Crippen LogP contribution in [0.3, 0.4) is 0 Å². The Morgan fingerprint density at radius 3 is 2.62 bits per heavy atom. The molecule has 1 aromatic rings. The minimum Gasteiger partial charge on any atom is -0.497 e. The number of allylic oxidation sites excluding steroid dienone is 1. The maximum absolute atomic E-state index is 10.0. The fraction of sp³-hybridized carbons (Fsp3) is 0.429. The molecule has 1 unspecified atom stereocenters. The predicted octanol–water partition coefficient (Wildman–Crippen LogP) is 2.71. The highest BCUT2D eigenvalue weighted by Crippen LogP contribution is 2.23. The number of rotatable bonds is 4. The average Bonchev–Trinajstić information content (AvgIpc) is 2.83. The Bertz CT molecular complexity index is 365. The van der Waals surface area contributed by atoms with Crippen LogP contribution < -0.4 is 4.74 Å². The lowest BCUT2D eigenvalue weighted by atomic mass is 10.0. The van der Waals surface area contributed by atoms with Crippen LogP contribution >= 0.6 is 0 Å². The third kappa shape index (κ3) is 2.64. The van der Waals surface area contributed by atoms with E-state index < -0.39 is 0 Å². The first-order chi connectivity index (χ1) is 7.79. The molecule has 0 saturated heterocycles. The van der Waals surface area contributed by atoms with Gasteiger partial charge < -0.3 is 9.84 Å². The minimum absolute atomic E-state index is 0.309. The van der Waals surface area contributed by atoms with Gasteiger partial charge in [-0.2, -0.15) is 0 Å². The Morgan fingerprint density at radius 1 is 1.31 bits per heavy atom. The quantitative estimate of drug-likeness (QED) is 0.787. The monoisotopic (exact) mass is 218 g/mol. The van der Waals surface area contributed by atoms with E-state index in [2.05, 4.69) is 6.08 Å². The molecule has 1 aromatic carbocycles. The van der Waals surface area contributed by atoms with Crippen molar-refractivity contribution in [3.8, 4) is 5.75 Å². The summed E-state index contributed by atoms with van der Waals surface area (Å²) >= 11 is 0. The number of aliphatic hydroxyl groups excluding tert-OH is 1. The van der Waals surface area contributed by atoms with Gasteiger partial charge in [-0.25, -0.2) is 0 Å². The molecule has 0 spiro atoms. The number of hydrogen-bond acceptors (Lipinski definition) is 2. The SMILES string of the molecule is COc1ccc(CC(O)C2=CCCC2)cc1. The smallest absolute Gasteiger partial charge is 0.118 e. The molecular formula is C14H18O2. The van der Waals surface area contributed by atoms with Crippen LogP contribution in [-0.2, 0) is 6.42 Å². The summed E-state index contributed by atoms with van der Waals surface area (Å²) < 4.78 is 5.10. The molecule has 2 heteroatoms. The number of ether oxygens (including phenoxy) is 1. The Balaban J connectivity index is 1.97. The summed E-state index contributed by atoms with van der Waals surface area (Å²) in [6.45, 7) is 0. The van der Waals surface area contributed by atoms with Crippen molar-refractivity contribution in [2.24, 2.45) is 0 Å². The Labute approximate surface area is 96.6 Å². The van der Waals surface area contributed by atoms with Crippen LogP contribution in [0.1, 0.15) is 24.8 Å². The molecule has 1 aliphatic carbocycles. The standard InChI is InChI=1S/C14H18O2/c1-16-13-8-6-11(7-9-13)10-14(15)12-4-2-3-5-12/h4,6-9,14-15H,2-3,5,10H2,1H3. The van der Waals surface area contributed by atoms with Gasteiger partial charge in [-0.1, -0.05) is 18.2 Å². The highest BCUT2D eigenvalue weighted by Gasteiger charge is 2.14. The fourth-order valence-electron chi connectivity index (χ4n) is 2.11. The summed E-state index contributed by atoms with van der Waals surface area (Å²) in [4.78, 5) is 0. The van der Waals surface area contributed by atoms with Gasteiger partial charge in [0.15, 0.2) is 0 Å². The first-order valence-corrected chi connectivity index (χ1v) is 5.79. The van der Waals surface area contributed by atoms with E-state index in [-0.39, 0.29) is 6.10 Å². The molecule has 0 bridgehead atoms. The Hall–Kier alpha value is -1.28. The van der Waals surface area contributed by atoms with Crippen molar-refractivity contribution in [3.05, 3.63) is 41.5 Å². The van der Waals surface area contributed by atoms with Crippen LogP contribution in [0.5, 0.6) is 5.75 Å². The van der Waals surface area contributed by atoms with Gasteiger partial charge in [-0.3, -0.25) is 0 Å². The summed E-state index contributed by atoms with van der Waals surface area (Å²) in [6, 6.07) is 7.89. The van der Waals surface area contributed by atoms with E-state index in [0.717, 1.165) is 24.2 Å². The topological polar surface area (TPSA) is 29.5 Å². The molecule has 1 aliphatic rings. The molecule has 86 valence electrons. The van der Waals surface area contributed by atoms with E-state index >= 15 is 0 Å². The molecular weight excluding hydrogens is 200 g/mol. The molecule has 0 heterocycles. The maximum Gasteiger partial charge on any atom is 0.118 e. The van der Waals surface area contributed by atoms with Crippen molar-refractivity contribution in [2.75, 3.05) is 7.11 Å². The van der Waals surface area contributed by atoms with E-state index in [0.29, 0.717) is 6.42 Å². The minimum atomic E-state index is -0.309. The lowest BCUT2D eigenvalue weighted by molar-refractivity contribution is 0.208. The molecule has 0 fully saturated rings. The van der Waals surface area contributed by atoms with Crippen molar-refractivity contribution in [1.29, 1.82) is 0 Å². The van der Waals surface area contributed by atoms with Gasteiger partial charge in [-0.05, 0) is 42.5 Å². The molecule has 0 saturated carbocycles. The van der Waals surface area contributed by atoms with Crippen molar-refractivity contribution >= 4 is 0 Å². The maximum atomic E-state index is 10.0. The normalized spacial score (nSPS) is 17.0. The second-order valence-corrected chi connectivity index (χ2v) is 4.24. The third-order valence-electron chi connectivity index (χ3n) is 3.09. The highest BCUT2D eigenvalue weighted by molar-refractivity contribution is 5.28. The van der Waals surface area contributed by atoms with Crippen LogP contribution in [0.15, 0.2) is 35.9 Å². The number of benzene rings is 1. The highest BCUT2D eigenvalue weighted by atomic mass is 16.5. The zero-order valence-electron chi connectivity index (χ0n) is 9.65. The van der Waals surface area contributed by atoms with Crippen LogP contribution in [0, 0.1) is 0 Å². The zero-order valence-corrected chi connectivity index (χ0v) is 9.65. The van der Waals surface area contributed by atoms with E-state index in [1.807, 2.05) is 24.3 Å². The molecule has 0 aliphatic heterocycles. The lowest BCUT2D eigenvalue weighted by Gasteiger charge is -2.12. The molecule has 0 radical (unpaired) electrons. The second kappa shape index (κ2) is 5.17. The summed E-state index contributed by atoms with van der Waals surface area (Å²) in [5.41, 5.74) is 2.36. The first kappa shape index (κ1) is 11.2.